The number of rotatable bonds is 0. The van der Waals surface area contributed by atoms with Crippen LogP contribution in [-0.2, 0) is 6.54 Å². The van der Waals surface area contributed by atoms with Gasteiger partial charge >= 0.3 is 0 Å². The number of fused-ring (bicyclic) bond motifs is 3. The van der Waals surface area contributed by atoms with E-state index in [1.807, 2.05) is 0 Å². The van der Waals surface area contributed by atoms with Crippen molar-refractivity contribution < 1.29 is 14.3 Å². The van der Waals surface area contributed by atoms with Crippen LogP contribution in [0, 0.1) is 17.7 Å². The van der Waals surface area contributed by atoms with Gasteiger partial charge in [0.25, 0.3) is 5.91 Å². The number of hydrogen-bond acceptors (Lipinski definition) is 3. The molecule has 23 heavy (non-hydrogen) atoms. The smallest absolute Gasteiger partial charge is 0.256 e. The fraction of sp³-hybridized carbons (Fsp3) is 0.294. The lowest BCUT2D eigenvalue weighted by Crippen LogP contribution is -2.25. The van der Waals surface area contributed by atoms with E-state index < -0.39 is 11.4 Å². The molecule has 0 fully saturated rings. The topological polar surface area (TPSA) is 58.4 Å². The second kappa shape index (κ2) is 5.21. The summed E-state index contributed by atoms with van der Waals surface area (Å²) < 4.78 is 15.3. The van der Waals surface area contributed by atoms with Crippen molar-refractivity contribution >= 4 is 5.91 Å². The zero-order chi connectivity index (χ0) is 16.8. The molecule has 0 bridgehead atoms. The van der Waals surface area contributed by atoms with E-state index in [4.69, 9.17) is 0 Å². The molecule has 1 aromatic carbocycles. The monoisotopic (exact) mass is 313 g/mol. The number of benzene rings is 1. The van der Waals surface area contributed by atoms with Gasteiger partial charge in [0.05, 0.1) is 23.5 Å². The number of nitrogens with zero attached hydrogens (tertiary/aromatic N) is 3. The van der Waals surface area contributed by atoms with Gasteiger partial charge in [0, 0.05) is 7.05 Å². The molecule has 1 amide bonds. The number of hydrogen-bond donors (Lipinski definition) is 1. The molecule has 1 aliphatic rings. The Bertz CT molecular complexity index is 853. The molecule has 0 atom stereocenters. The standard InChI is InChI=1S/C17H16FN3O2/c1-17(2,23)7-6-13-15-9-20(3)16(22)12-8-11(18)4-5-14(12)21(15)10-19-13/h4-5,8,10,23H,9H2,1-3H3. The summed E-state index contributed by atoms with van der Waals surface area (Å²) in [6.07, 6.45) is 1.56. The summed E-state index contributed by atoms with van der Waals surface area (Å²) in [6.45, 7) is 3.47. The van der Waals surface area contributed by atoms with Crippen molar-refractivity contribution in [2.75, 3.05) is 7.05 Å². The van der Waals surface area contributed by atoms with Gasteiger partial charge in [0.2, 0.25) is 0 Å². The van der Waals surface area contributed by atoms with E-state index in [9.17, 15) is 14.3 Å². The molecule has 0 aliphatic carbocycles. The van der Waals surface area contributed by atoms with Gasteiger partial charge in [0.15, 0.2) is 0 Å². The predicted molar refractivity (Wildman–Crippen MR) is 82.5 cm³/mol. The van der Waals surface area contributed by atoms with Crippen LogP contribution in [0.3, 0.4) is 0 Å². The third-order valence-corrected chi connectivity index (χ3v) is 3.54. The Hall–Kier alpha value is -2.65. The van der Waals surface area contributed by atoms with Crippen molar-refractivity contribution in [1.29, 1.82) is 0 Å². The molecule has 1 N–H and O–H groups in total. The van der Waals surface area contributed by atoms with E-state index in [-0.39, 0.29) is 11.5 Å². The Morgan fingerprint density at radius 3 is 2.83 bits per heavy atom. The fourth-order valence-corrected chi connectivity index (χ4v) is 2.44. The largest absolute Gasteiger partial charge is 0.378 e. The number of amides is 1. The van der Waals surface area contributed by atoms with Crippen LogP contribution in [0.4, 0.5) is 4.39 Å². The van der Waals surface area contributed by atoms with Crippen LogP contribution in [0.25, 0.3) is 5.69 Å². The summed E-state index contributed by atoms with van der Waals surface area (Å²) in [5, 5.41) is 9.74. The maximum atomic E-state index is 13.5. The van der Waals surface area contributed by atoms with Crippen LogP contribution in [0.2, 0.25) is 0 Å². The molecule has 5 nitrogen and oxygen atoms in total. The van der Waals surface area contributed by atoms with Crippen LogP contribution in [0.15, 0.2) is 24.5 Å². The van der Waals surface area contributed by atoms with Crippen molar-refractivity contribution in [2.45, 2.75) is 26.0 Å². The van der Waals surface area contributed by atoms with Crippen LogP contribution in [0.5, 0.6) is 0 Å². The molecule has 6 heteroatoms. The third kappa shape index (κ3) is 2.83. The van der Waals surface area contributed by atoms with Crippen molar-refractivity contribution in [3.05, 3.63) is 47.3 Å². The van der Waals surface area contributed by atoms with E-state index in [2.05, 4.69) is 16.8 Å². The summed E-state index contributed by atoms with van der Waals surface area (Å²) in [5.74, 6) is 4.85. The number of aliphatic hydroxyl groups is 1. The van der Waals surface area contributed by atoms with E-state index >= 15 is 0 Å². The van der Waals surface area contributed by atoms with Gasteiger partial charge in [-0.2, -0.15) is 0 Å². The number of carbonyl (C=O) groups excluding carboxylic acids is 1. The minimum atomic E-state index is -1.13. The van der Waals surface area contributed by atoms with E-state index in [0.717, 1.165) is 5.69 Å². The molecule has 1 aromatic heterocycles. The molecule has 2 heterocycles. The highest BCUT2D eigenvalue weighted by atomic mass is 19.1. The molecule has 0 saturated carbocycles. The van der Waals surface area contributed by atoms with Gasteiger partial charge < -0.3 is 10.0 Å². The quantitative estimate of drug-likeness (QED) is 0.754. The van der Waals surface area contributed by atoms with Gasteiger partial charge in [0.1, 0.15) is 23.4 Å². The Morgan fingerprint density at radius 2 is 2.13 bits per heavy atom. The molecule has 0 unspecified atom stereocenters. The van der Waals surface area contributed by atoms with Gasteiger partial charge in [-0.05, 0) is 38.0 Å². The molecule has 1 aliphatic heterocycles. The Balaban J connectivity index is 2.19. The summed E-state index contributed by atoms with van der Waals surface area (Å²) in [7, 11) is 1.65. The summed E-state index contributed by atoms with van der Waals surface area (Å²) >= 11 is 0. The minimum Gasteiger partial charge on any atom is -0.378 e. The number of aromatic nitrogens is 2. The first-order valence-electron chi connectivity index (χ1n) is 7.13. The van der Waals surface area contributed by atoms with Gasteiger partial charge in [-0.3, -0.25) is 9.36 Å². The molecular formula is C17H16FN3O2. The Morgan fingerprint density at radius 1 is 1.39 bits per heavy atom. The van der Waals surface area contributed by atoms with Gasteiger partial charge in [-0.15, -0.1) is 0 Å². The molecule has 0 spiro atoms. The van der Waals surface area contributed by atoms with Crippen LogP contribution < -0.4 is 0 Å². The summed E-state index contributed by atoms with van der Waals surface area (Å²) in [5.41, 5.74) is 0.932. The lowest BCUT2D eigenvalue weighted by atomic mass is 10.1. The first-order valence-corrected chi connectivity index (χ1v) is 7.13. The first kappa shape index (κ1) is 15.3. The second-order valence-electron chi connectivity index (χ2n) is 6.04. The highest BCUT2D eigenvalue weighted by Crippen LogP contribution is 2.26. The fourth-order valence-electron chi connectivity index (χ4n) is 2.44. The average Bonchev–Trinajstić information content (AvgIpc) is 2.82. The van der Waals surface area contributed by atoms with Crippen molar-refractivity contribution in [1.82, 2.24) is 14.5 Å². The zero-order valence-electron chi connectivity index (χ0n) is 13.1. The minimum absolute atomic E-state index is 0.260. The summed E-state index contributed by atoms with van der Waals surface area (Å²) in [6, 6.07) is 4.09. The number of halogens is 1. The maximum Gasteiger partial charge on any atom is 0.256 e. The molecular weight excluding hydrogens is 297 g/mol. The van der Waals surface area contributed by atoms with E-state index in [1.54, 1.807) is 37.9 Å². The molecule has 0 saturated heterocycles. The Kier molecular flexibility index (Phi) is 3.46. The Labute approximate surface area is 133 Å². The van der Waals surface area contributed by atoms with Crippen molar-refractivity contribution in [3.8, 4) is 17.5 Å². The SMILES string of the molecule is CN1Cc2c(C#CC(C)(C)O)ncn2-c2ccc(F)cc2C1=O. The third-order valence-electron chi connectivity index (χ3n) is 3.54. The number of imidazole rings is 1. The summed E-state index contributed by atoms with van der Waals surface area (Å²) in [4.78, 5) is 18.2. The molecule has 0 radical (unpaired) electrons. The average molecular weight is 313 g/mol. The normalized spacial score (nSPS) is 13.8. The van der Waals surface area contributed by atoms with Crippen LogP contribution in [0.1, 0.15) is 35.6 Å². The molecule has 3 rings (SSSR count). The van der Waals surface area contributed by atoms with E-state index in [0.29, 0.717) is 17.9 Å². The van der Waals surface area contributed by atoms with Crippen molar-refractivity contribution in [3.63, 3.8) is 0 Å². The first-order chi connectivity index (χ1) is 10.8. The predicted octanol–water partition coefficient (Wildman–Crippen LogP) is 1.72. The van der Waals surface area contributed by atoms with Gasteiger partial charge in [-0.25, -0.2) is 9.37 Å². The van der Waals surface area contributed by atoms with E-state index in [1.165, 1.54) is 17.0 Å². The zero-order valence-corrected chi connectivity index (χ0v) is 13.1. The highest BCUT2D eigenvalue weighted by Gasteiger charge is 2.26. The van der Waals surface area contributed by atoms with Gasteiger partial charge in [-0.1, -0.05) is 5.92 Å². The lowest BCUT2D eigenvalue weighted by Gasteiger charge is -2.14. The lowest BCUT2D eigenvalue weighted by molar-refractivity contribution is 0.0787. The molecule has 2 aromatic rings. The van der Waals surface area contributed by atoms with Crippen LogP contribution in [-0.4, -0.2) is 38.1 Å². The number of carbonyl (C=O) groups is 1. The maximum absolute atomic E-state index is 13.5. The highest BCUT2D eigenvalue weighted by molar-refractivity contribution is 5.98. The molecule has 118 valence electrons. The van der Waals surface area contributed by atoms with Crippen molar-refractivity contribution in [2.24, 2.45) is 0 Å². The van der Waals surface area contributed by atoms with Crippen LogP contribution >= 0.6 is 0 Å². The second-order valence-corrected chi connectivity index (χ2v) is 6.04.